The van der Waals surface area contributed by atoms with E-state index in [4.69, 9.17) is 0 Å². The number of hydrogen-bond donors (Lipinski definition) is 0. The summed E-state index contributed by atoms with van der Waals surface area (Å²) in [7, 11) is 0. The molecule has 2 aromatic rings. The van der Waals surface area contributed by atoms with Crippen molar-refractivity contribution in [3.63, 3.8) is 0 Å². The summed E-state index contributed by atoms with van der Waals surface area (Å²) >= 11 is 8.47. The molecule has 0 atom stereocenters. The number of benzene rings is 2. The number of esters is 2. The molecule has 0 spiro atoms. The molecule has 11 heteroatoms. The van der Waals surface area contributed by atoms with Crippen molar-refractivity contribution in [1.29, 1.82) is 0 Å². The fourth-order valence-corrected chi connectivity index (χ4v) is 2.06. The van der Waals surface area contributed by atoms with E-state index in [0.717, 1.165) is 37.1 Å². The van der Waals surface area contributed by atoms with Crippen LogP contribution in [0.15, 0.2) is 60.7 Å². The molecule has 4 nitrogen and oxygen atoms in total. The molecule has 0 saturated heterocycles. The zero-order chi connectivity index (χ0) is 26.8. The molecule has 0 N–H and O–H groups in total. The van der Waals surface area contributed by atoms with Gasteiger partial charge in [0, 0.05) is 11.6 Å². The van der Waals surface area contributed by atoms with Gasteiger partial charge in [-0.05, 0) is 0 Å². The summed E-state index contributed by atoms with van der Waals surface area (Å²) in [5, 5.41) is 1.42. The molecule has 2 aromatic carbocycles. The number of halogens is 4. The van der Waals surface area contributed by atoms with E-state index in [1.807, 2.05) is 24.3 Å². The number of allylic oxidation sites excluding steroid dienone is 8. The quantitative estimate of drug-likeness (QED) is 0.111. The molecule has 0 radical (unpaired) electrons. The molecule has 37 heavy (non-hydrogen) atoms. The second-order valence-corrected chi connectivity index (χ2v) is 6.52. The zero-order valence-electron chi connectivity index (χ0n) is 18.8. The molecule has 0 heterocycles. The Balaban J connectivity index is 0.000000502. The van der Waals surface area contributed by atoms with Crippen molar-refractivity contribution in [2.24, 2.45) is 0 Å². The van der Waals surface area contributed by atoms with Crippen LogP contribution in [-0.4, -0.2) is 22.7 Å². The van der Waals surface area contributed by atoms with Crippen molar-refractivity contribution in [2.75, 3.05) is 0 Å². The molecular formula is C26H16F4O4S2Ti. The Morgan fingerprint density at radius 3 is 1.32 bits per heavy atom. The van der Waals surface area contributed by atoms with Crippen LogP contribution in [0.3, 0.4) is 0 Å². The zero-order valence-corrected chi connectivity index (χ0v) is 22.0. The number of ether oxygens (including phenoxy) is 2. The van der Waals surface area contributed by atoms with Crippen LogP contribution in [-0.2, 0) is 31.3 Å². The van der Waals surface area contributed by atoms with Gasteiger partial charge in [-0.2, -0.15) is 12.2 Å². The van der Waals surface area contributed by atoms with E-state index in [0.29, 0.717) is 10.7 Å². The molecule has 0 saturated carbocycles. The monoisotopic (exact) mass is 580 g/mol. The van der Waals surface area contributed by atoms with Crippen LogP contribution in [0.2, 0.25) is 0 Å². The molecule has 0 aromatic heterocycles. The fourth-order valence-electron chi connectivity index (χ4n) is 1.96. The number of thiocarbonyl (C=S) groups is 2. The van der Waals surface area contributed by atoms with Crippen molar-refractivity contribution in [2.45, 2.75) is 12.8 Å². The molecule has 0 unspecified atom stereocenters. The topological polar surface area (TPSA) is 52.6 Å². The predicted molar refractivity (Wildman–Crippen MR) is 132 cm³/mol. The number of carbonyl (C=O) groups excluding carboxylic acids is 2. The SMILES string of the molecule is O=C(C=S)Oc1ccc(F)[c-]c1F.O=C(C=S)Oc1ccc(F)[c-]c1F.[C-]1=CC=CC1.[C-]1=CC=CC1.[Ti+4]. The minimum absolute atomic E-state index is 0. The van der Waals surface area contributed by atoms with Crippen LogP contribution >= 0.6 is 24.4 Å². The average Bonchev–Trinajstić information content (AvgIpc) is 3.62. The number of rotatable bonds is 4. The summed E-state index contributed by atoms with van der Waals surface area (Å²) in [5.74, 6) is -6.41. The summed E-state index contributed by atoms with van der Waals surface area (Å²) in [6.45, 7) is 0. The summed E-state index contributed by atoms with van der Waals surface area (Å²) in [6.07, 6.45) is 20.0. The van der Waals surface area contributed by atoms with Crippen LogP contribution < -0.4 is 9.47 Å². The van der Waals surface area contributed by atoms with Crippen LogP contribution in [0.25, 0.3) is 0 Å². The minimum atomic E-state index is -1.06. The fraction of sp³-hybridized carbons (Fsp3) is 0.0769. The van der Waals surface area contributed by atoms with Crippen molar-refractivity contribution >= 4 is 47.1 Å². The van der Waals surface area contributed by atoms with Crippen molar-refractivity contribution in [3.05, 3.63) is 108 Å². The first-order valence-corrected chi connectivity index (χ1v) is 10.7. The van der Waals surface area contributed by atoms with Crippen LogP contribution in [0.4, 0.5) is 17.6 Å². The Hall–Kier alpha value is -3.05. The minimum Gasteiger partial charge on any atom is -0.484 e. The van der Waals surface area contributed by atoms with Gasteiger partial charge in [0.15, 0.2) is 0 Å². The van der Waals surface area contributed by atoms with Gasteiger partial charge in [0.2, 0.25) is 0 Å². The summed E-state index contributed by atoms with van der Waals surface area (Å²) in [5.41, 5.74) is 0. The molecule has 0 amide bonds. The van der Waals surface area contributed by atoms with Gasteiger partial charge in [0.25, 0.3) is 0 Å². The summed E-state index contributed by atoms with van der Waals surface area (Å²) in [4.78, 5) is 21.1. The third kappa shape index (κ3) is 15.6. The van der Waals surface area contributed by atoms with E-state index in [1.54, 1.807) is 12.1 Å². The van der Waals surface area contributed by atoms with Crippen molar-refractivity contribution in [1.82, 2.24) is 0 Å². The molecule has 0 bridgehead atoms. The maximum absolute atomic E-state index is 12.7. The Kier molecular flexibility index (Phi) is 18.4. The van der Waals surface area contributed by atoms with E-state index < -0.39 is 46.7 Å². The molecule has 0 aliphatic heterocycles. The van der Waals surface area contributed by atoms with Gasteiger partial charge in [-0.25, -0.2) is 51.5 Å². The second-order valence-electron chi connectivity index (χ2n) is 6.05. The average molecular weight is 580 g/mol. The first-order valence-electron chi connectivity index (χ1n) is 9.79. The van der Waals surface area contributed by atoms with Gasteiger partial charge in [-0.3, -0.25) is 12.2 Å². The molecule has 4 rings (SSSR count). The molecule has 2 aliphatic carbocycles. The first kappa shape index (κ1) is 34.0. The van der Waals surface area contributed by atoms with Gasteiger partial charge in [-0.15, -0.1) is 49.2 Å². The second kappa shape index (κ2) is 20.1. The van der Waals surface area contributed by atoms with E-state index in [-0.39, 0.29) is 21.7 Å². The summed E-state index contributed by atoms with van der Waals surface area (Å²) in [6, 6.07) is 7.24. The Bertz CT molecular complexity index is 1070. The molecule has 188 valence electrons. The van der Waals surface area contributed by atoms with Crippen LogP contribution in [0.1, 0.15) is 12.8 Å². The maximum atomic E-state index is 12.7. The third-order valence-electron chi connectivity index (χ3n) is 3.44. The normalized spacial score (nSPS) is 11.4. The van der Waals surface area contributed by atoms with Gasteiger partial charge in [0.05, 0.1) is 33.9 Å². The van der Waals surface area contributed by atoms with Gasteiger partial charge in [-0.1, -0.05) is 24.4 Å². The van der Waals surface area contributed by atoms with Crippen molar-refractivity contribution < 1.29 is 58.3 Å². The van der Waals surface area contributed by atoms with Crippen molar-refractivity contribution in [3.8, 4) is 11.5 Å². The smallest absolute Gasteiger partial charge is 0.484 e. The number of carbonyl (C=O) groups is 2. The maximum Gasteiger partial charge on any atom is 4.00 e. The Morgan fingerprint density at radius 2 is 1.11 bits per heavy atom. The van der Waals surface area contributed by atoms with E-state index >= 15 is 0 Å². The van der Waals surface area contributed by atoms with Gasteiger partial charge < -0.3 is 9.47 Å². The Morgan fingerprint density at radius 1 is 0.730 bits per heavy atom. The van der Waals surface area contributed by atoms with Gasteiger partial charge in [0.1, 0.15) is 0 Å². The van der Waals surface area contributed by atoms with Gasteiger partial charge >= 0.3 is 33.7 Å². The van der Waals surface area contributed by atoms with E-state index in [9.17, 15) is 27.2 Å². The molecule has 0 fully saturated rings. The molecule has 2 aliphatic rings. The molecular weight excluding hydrogens is 564 g/mol. The first-order chi connectivity index (χ1) is 17.3. The van der Waals surface area contributed by atoms with E-state index in [1.165, 1.54) is 0 Å². The number of hydrogen-bond acceptors (Lipinski definition) is 6. The largest absolute Gasteiger partial charge is 4.00 e. The third-order valence-corrected chi connectivity index (χ3v) is 3.82. The van der Waals surface area contributed by atoms with E-state index in [2.05, 4.69) is 58.2 Å². The van der Waals surface area contributed by atoms with Crippen LogP contribution in [0, 0.1) is 47.6 Å². The summed E-state index contributed by atoms with van der Waals surface area (Å²) < 4.78 is 58.8. The Labute approximate surface area is 237 Å². The standard InChI is InChI=1S/2C8H3F2O2S.2C5H5.Ti/c2*9-5-1-2-7(6(10)3-5)12-8(11)4-13;2*1-2-4-5-3-1;/h2*1-2,4H;2*1-3H,4H2;/q4*-1;+4. The van der Waals surface area contributed by atoms with Crippen LogP contribution in [0.5, 0.6) is 11.5 Å². The predicted octanol–water partition coefficient (Wildman–Crippen LogP) is 5.95.